The van der Waals surface area contributed by atoms with E-state index in [1.165, 1.54) is 6.33 Å². The summed E-state index contributed by atoms with van der Waals surface area (Å²) in [6.07, 6.45) is 7.81. The molecule has 2 aromatic rings. The molecule has 0 aliphatic rings. The number of likely N-dealkylation sites (N-methyl/N-ethyl adjacent to an activating group) is 1. The zero-order valence-corrected chi connectivity index (χ0v) is 11.1. The maximum atomic E-state index is 4.36. The van der Waals surface area contributed by atoms with E-state index in [1.54, 1.807) is 0 Å². The van der Waals surface area contributed by atoms with Crippen LogP contribution in [0.15, 0.2) is 41.5 Å². The quantitative estimate of drug-likeness (QED) is 0.938. The summed E-state index contributed by atoms with van der Waals surface area (Å²) in [4.78, 5) is 12.4. The van der Waals surface area contributed by atoms with E-state index in [0.29, 0.717) is 0 Å². The topological polar surface area (TPSA) is 50.7 Å². The van der Waals surface area contributed by atoms with Crippen molar-refractivity contribution >= 4 is 15.9 Å². The molecule has 5 heteroatoms. The third-order valence-corrected chi connectivity index (χ3v) is 3.00. The molecule has 17 heavy (non-hydrogen) atoms. The van der Waals surface area contributed by atoms with Crippen molar-refractivity contribution in [2.24, 2.45) is 0 Å². The number of rotatable bonds is 4. The van der Waals surface area contributed by atoms with Gasteiger partial charge in [-0.1, -0.05) is 0 Å². The van der Waals surface area contributed by atoms with E-state index in [1.807, 2.05) is 37.8 Å². The molecule has 0 aliphatic carbocycles. The lowest BCUT2D eigenvalue weighted by atomic mass is 10.1. The lowest BCUT2D eigenvalue weighted by Gasteiger charge is -2.15. The Kier molecular flexibility index (Phi) is 4.17. The number of hydrogen-bond donors (Lipinski definition) is 1. The minimum absolute atomic E-state index is 0.185. The van der Waals surface area contributed by atoms with E-state index < -0.39 is 0 Å². The second-order valence-electron chi connectivity index (χ2n) is 3.68. The van der Waals surface area contributed by atoms with Gasteiger partial charge >= 0.3 is 0 Å². The van der Waals surface area contributed by atoms with Crippen molar-refractivity contribution in [3.63, 3.8) is 0 Å². The van der Waals surface area contributed by atoms with Crippen LogP contribution in [0.4, 0.5) is 0 Å². The molecule has 0 radical (unpaired) electrons. The second-order valence-corrected chi connectivity index (χ2v) is 4.60. The average Bonchev–Trinajstić information content (AvgIpc) is 2.39. The van der Waals surface area contributed by atoms with E-state index in [2.05, 4.69) is 36.2 Å². The molecule has 1 N–H and O–H groups in total. The van der Waals surface area contributed by atoms with E-state index in [9.17, 15) is 0 Å². The first-order valence-electron chi connectivity index (χ1n) is 5.32. The van der Waals surface area contributed by atoms with Crippen LogP contribution < -0.4 is 5.32 Å². The Balaban J connectivity index is 2.13. The van der Waals surface area contributed by atoms with Gasteiger partial charge < -0.3 is 5.32 Å². The van der Waals surface area contributed by atoms with Crippen molar-refractivity contribution in [3.8, 4) is 0 Å². The van der Waals surface area contributed by atoms with Crippen LogP contribution in [0, 0.1) is 0 Å². The number of hydrogen-bond acceptors (Lipinski definition) is 4. The summed E-state index contributed by atoms with van der Waals surface area (Å²) >= 11 is 3.38. The molecule has 4 nitrogen and oxygen atoms in total. The van der Waals surface area contributed by atoms with Crippen molar-refractivity contribution in [3.05, 3.63) is 52.8 Å². The fourth-order valence-electron chi connectivity index (χ4n) is 1.61. The summed E-state index contributed by atoms with van der Waals surface area (Å²) in [5.41, 5.74) is 2.11. The van der Waals surface area contributed by atoms with Gasteiger partial charge in [-0.3, -0.25) is 4.98 Å². The van der Waals surface area contributed by atoms with Crippen molar-refractivity contribution in [1.29, 1.82) is 0 Å². The van der Waals surface area contributed by atoms with Gasteiger partial charge in [-0.05, 0) is 35.1 Å². The minimum atomic E-state index is 0.185. The molecule has 0 aliphatic heterocycles. The van der Waals surface area contributed by atoms with Crippen LogP contribution in [0.25, 0.3) is 0 Å². The Morgan fingerprint density at radius 3 is 2.59 bits per heavy atom. The highest BCUT2D eigenvalue weighted by Gasteiger charge is 2.11. The van der Waals surface area contributed by atoms with Crippen LogP contribution in [-0.2, 0) is 6.42 Å². The monoisotopic (exact) mass is 292 g/mol. The summed E-state index contributed by atoms with van der Waals surface area (Å²) in [6.45, 7) is 0. The van der Waals surface area contributed by atoms with Gasteiger partial charge in [0.25, 0.3) is 0 Å². The molecule has 1 atom stereocenters. The summed E-state index contributed by atoms with van der Waals surface area (Å²) in [5.74, 6) is 0. The standard InChI is InChI=1S/C12H13BrN4/c1-14-12(9-5-15-8-16-6-9)4-11-3-2-10(13)7-17-11/h2-3,5-8,12,14H,4H2,1H3. The van der Waals surface area contributed by atoms with Gasteiger partial charge in [0, 0.05) is 46.8 Å². The van der Waals surface area contributed by atoms with Crippen LogP contribution in [0.5, 0.6) is 0 Å². The summed E-state index contributed by atoms with van der Waals surface area (Å²) in [6, 6.07) is 4.19. The number of aromatic nitrogens is 3. The molecule has 0 fully saturated rings. The van der Waals surface area contributed by atoms with Gasteiger partial charge in [-0.15, -0.1) is 0 Å². The van der Waals surface area contributed by atoms with Crippen molar-refractivity contribution in [2.75, 3.05) is 7.05 Å². The second kappa shape index (κ2) is 5.84. The average molecular weight is 293 g/mol. The van der Waals surface area contributed by atoms with Gasteiger partial charge in [0.05, 0.1) is 0 Å². The van der Waals surface area contributed by atoms with E-state index in [0.717, 1.165) is 22.2 Å². The van der Waals surface area contributed by atoms with E-state index >= 15 is 0 Å². The fraction of sp³-hybridized carbons (Fsp3) is 0.250. The number of pyridine rings is 1. The number of nitrogens with zero attached hydrogens (tertiary/aromatic N) is 3. The molecular formula is C12H13BrN4. The Labute approximate surface area is 109 Å². The molecular weight excluding hydrogens is 280 g/mol. The summed E-state index contributed by atoms with van der Waals surface area (Å²) < 4.78 is 0.991. The molecule has 0 spiro atoms. The van der Waals surface area contributed by atoms with Gasteiger partial charge in [0.1, 0.15) is 6.33 Å². The van der Waals surface area contributed by atoms with E-state index in [-0.39, 0.29) is 6.04 Å². The molecule has 0 aromatic carbocycles. The molecule has 0 bridgehead atoms. The molecule has 1 unspecified atom stereocenters. The van der Waals surface area contributed by atoms with Crippen LogP contribution in [0.1, 0.15) is 17.3 Å². The predicted molar refractivity (Wildman–Crippen MR) is 69.5 cm³/mol. The first-order chi connectivity index (χ1) is 8.29. The maximum absolute atomic E-state index is 4.36. The highest BCUT2D eigenvalue weighted by atomic mass is 79.9. The molecule has 0 amide bonds. The Bertz CT molecular complexity index is 458. The van der Waals surface area contributed by atoms with Gasteiger partial charge in [0.15, 0.2) is 0 Å². The highest BCUT2D eigenvalue weighted by Crippen LogP contribution is 2.16. The molecule has 2 heterocycles. The Morgan fingerprint density at radius 2 is 2.00 bits per heavy atom. The third kappa shape index (κ3) is 3.31. The van der Waals surface area contributed by atoms with Gasteiger partial charge in [-0.2, -0.15) is 0 Å². The Morgan fingerprint density at radius 1 is 1.24 bits per heavy atom. The lowest BCUT2D eigenvalue weighted by Crippen LogP contribution is -2.19. The zero-order valence-electron chi connectivity index (χ0n) is 9.47. The SMILES string of the molecule is CNC(Cc1ccc(Br)cn1)c1cncnc1. The highest BCUT2D eigenvalue weighted by molar-refractivity contribution is 9.10. The van der Waals surface area contributed by atoms with Crippen molar-refractivity contribution in [1.82, 2.24) is 20.3 Å². The molecule has 0 saturated heterocycles. The van der Waals surface area contributed by atoms with Gasteiger partial charge in [-0.25, -0.2) is 9.97 Å². The fourth-order valence-corrected chi connectivity index (χ4v) is 1.85. The summed E-state index contributed by atoms with van der Waals surface area (Å²) in [5, 5.41) is 3.25. The normalized spacial score (nSPS) is 12.4. The first-order valence-corrected chi connectivity index (χ1v) is 6.11. The molecule has 2 aromatic heterocycles. The van der Waals surface area contributed by atoms with Crippen LogP contribution in [0.3, 0.4) is 0 Å². The number of halogens is 1. The van der Waals surface area contributed by atoms with Crippen molar-refractivity contribution < 1.29 is 0 Å². The zero-order chi connectivity index (χ0) is 12.1. The maximum Gasteiger partial charge on any atom is 0.115 e. The third-order valence-electron chi connectivity index (χ3n) is 2.53. The largest absolute Gasteiger partial charge is 0.313 e. The van der Waals surface area contributed by atoms with Crippen LogP contribution in [0.2, 0.25) is 0 Å². The Hall–Kier alpha value is -1.33. The summed E-state index contributed by atoms with van der Waals surface area (Å²) in [7, 11) is 1.93. The molecule has 2 rings (SSSR count). The smallest absolute Gasteiger partial charge is 0.115 e. The first kappa shape index (κ1) is 12.1. The molecule has 0 saturated carbocycles. The van der Waals surface area contributed by atoms with Crippen LogP contribution in [-0.4, -0.2) is 22.0 Å². The van der Waals surface area contributed by atoms with E-state index in [4.69, 9.17) is 0 Å². The lowest BCUT2D eigenvalue weighted by molar-refractivity contribution is 0.580. The molecule has 88 valence electrons. The van der Waals surface area contributed by atoms with Crippen molar-refractivity contribution in [2.45, 2.75) is 12.5 Å². The number of nitrogens with one attached hydrogen (secondary N) is 1. The van der Waals surface area contributed by atoms with Crippen LogP contribution >= 0.6 is 15.9 Å². The van der Waals surface area contributed by atoms with Gasteiger partial charge in [0.2, 0.25) is 0 Å². The minimum Gasteiger partial charge on any atom is -0.313 e. The predicted octanol–water partition coefficient (Wildman–Crippen LogP) is 2.14.